The van der Waals surface area contributed by atoms with E-state index in [4.69, 9.17) is 0 Å². The lowest BCUT2D eigenvalue weighted by Crippen LogP contribution is -2.31. The monoisotopic (exact) mass is 272 g/mol. The zero-order chi connectivity index (χ0) is 13.1. The Morgan fingerprint density at radius 2 is 2.06 bits per heavy atom. The molecule has 1 fully saturated rings. The average molecular weight is 273 g/mol. The van der Waals surface area contributed by atoms with Crippen molar-refractivity contribution in [2.45, 2.75) is 57.9 Å². The lowest BCUT2D eigenvalue weighted by molar-refractivity contribution is 0.282. The van der Waals surface area contributed by atoms with Gasteiger partial charge in [-0.2, -0.15) is 11.8 Å². The molecule has 1 saturated heterocycles. The zero-order valence-electron chi connectivity index (χ0n) is 12.4. The predicted octanol–water partition coefficient (Wildman–Crippen LogP) is 3.37. The number of nitrogens with one attached hydrogen (secondary N) is 1. The van der Waals surface area contributed by atoms with Crippen LogP contribution in [0.4, 0.5) is 0 Å². The van der Waals surface area contributed by atoms with E-state index in [1.807, 2.05) is 11.8 Å². The van der Waals surface area contributed by atoms with Crippen molar-refractivity contribution in [1.29, 1.82) is 0 Å². The predicted molar refractivity (Wildman–Crippen MR) is 84.6 cm³/mol. The summed E-state index contributed by atoms with van der Waals surface area (Å²) in [4.78, 5) is 2.64. The molecular weight excluding hydrogens is 240 g/mol. The molecule has 1 N–H and O–H groups in total. The van der Waals surface area contributed by atoms with Crippen LogP contribution in [0, 0.1) is 0 Å². The molecule has 3 heteroatoms. The number of unbranched alkanes of at least 4 members (excludes halogenated alkanes) is 2. The van der Waals surface area contributed by atoms with Crippen molar-refractivity contribution in [2.75, 3.05) is 38.2 Å². The molecule has 0 spiro atoms. The van der Waals surface area contributed by atoms with Gasteiger partial charge in [0.15, 0.2) is 0 Å². The summed E-state index contributed by atoms with van der Waals surface area (Å²) in [6, 6.07) is 0.785. The highest BCUT2D eigenvalue weighted by Crippen LogP contribution is 2.11. The maximum absolute atomic E-state index is 3.77. The minimum atomic E-state index is 0.785. The Hall–Kier alpha value is 0.270. The normalized spacial score (nSPS) is 22.0. The van der Waals surface area contributed by atoms with Gasteiger partial charge in [0.05, 0.1) is 0 Å². The Morgan fingerprint density at radius 3 is 2.83 bits per heavy atom. The molecule has 18 heavy (non-hydrogen) atoms. The average Bonchev–Trinajstić information content (AvgIpc) is 2.60. The van der Waals surface area contributed by atoms with Crippen LogP contribution in [-0.4, -0.2) is 49.1 Å². The first-order chi connectivity index (χ1) is 8.86. The zero-order valence-corrected chi connectivity index (χ0v) is 13.2. The maximum atomic E-state index is 3.77. The van der Waals surface area contributed by atoms with Crippen LogP contribution in [0.5, 0.6) is 0 Å². The van der Waals surface area contributed by atoms with E-state index in [0.29, 0.717) is 0 Å². The van der Waals surface area contributed by atoms with Gasteiger partial charge in [-0.05, 0) is 76.7 Å². The van der Waals surface area contributed by atoms with E-state index in [0.717, 1.165) is 6.04 Å². The largest absolute Gasteiger partial charge is 0.314 e. The van der Waals surface area contributed by atoms with Crippen molar-refractivity contribution in [1.82, 2.24) is 10.2 Å². The molecule has 0 saturated carbocycles. The van der Waals surface area contributed by atoms with Gasteiger partial charge in [0.25, 0.3) is 0 Å². The highest BCUT2D eigenvalue weighted by Gasteiger charge is 2.15. The standard InChI is InChI=1S/C15H32N2S/c1-3-11-17-12-7-8-15(9-13-17)16-10-5-4-6-14-18-2/h15-16H,3-14H2,1-2H3. The van der Waals surface area contributed by atoms with E-state index in [1.54, 1.807) is 0 Å². The number of rotatable bonds is 9. The van der Waals surface area contributed by atoms with Crippen LogP contribution in [0.15, 0.2) is 0 Å². The maximum Gasteiger partial charge on any atom is 0.00797 e. The highest BCUT2D eigenvalue weighted by molar-refractivity contribution is 7.98. The fourth-order valence-corrected chi connectivity index (χ4v) is 3.25. The van der Waals surface area contributed by atoms with Crippen LogP contribution in [0.2, 0.25) is 0 Å². The third-order valence-corrected chi connectivity index (χ3v) is 4.52. The first kappa shape index (κ1) is 16.3. The Kier molecular flexibility index (Phi) is 10.1. The van der Waals surface area contributed by atoms with Gasteiger partial charge in [-0.15, -0.1) is 0 Å². The molecular formula is C15H32N2S. The molecule has 0 bridgehead atoms. The highest BCUT2D eigenvalue weighted by atomic mass is 32.2. The van der Waals surface area contributed by atoms with Gasteiger partial charge in [0.2, 0.25) is 0 Å². The molecule has 1 aliphatic rings. The molecule has 0 amide bonds. The van der Waals surface area contributed by atoms with Gasteiger partial charge in [-0.3, -0.25) is 0 Å². The van der Waals surface area contributed by atoms with Gasteiger partial charge in [0.1, 0.15) is 0 Å². The van der Waals surface area contributed by atoms with Crippen molar-refractivity contribution in [3.63, 3.8) is 0 Å². The number of nitrogens with zero attached hydrogens (tertiary/aromatic N) is 1. The second kappa shape index (κ2) is 11.1. The molecule has 0 aliphatic carbocycles. The Labute approximate surface area is 118 Å². The van der Waals surface area contributed by atoms with Crippen LogP contribution in [0.3, 0.4) is 0 Å². The first-order valence-corrected chi connectivity index (χ1v) is 9.21. The van der Waals surface area contributed by atoms with Crippen LogP contribution in [-0.2, 0) is 0 Å². The Morgan fingerprint density at radius 1 is 1.17 bits per heavy atom. The fourth-order valence-electron chi connectivity index (χ4n) is 2.75. The first-order valence-electron chi connectivity index (χ1n) is 7.81. The fraction of sp³-hybridized carbons (Fsp3) is 1.00. The Balaban J connectivity index is 2.01. The smallest absolute Gasteiger partial charge is 0.00797 e. The second-order valence-electron chi connectivity index (χ2n) is 5.48. The van der Waals surface area contributed by atoms with E-state index in [-0.39, 0.29) is 0 Å². The summed E-state index contributed by atoms with van der Waals surface area (Å²) in [7, 11) is 0. The molecule has 0 aromatic heterocycles. The number of hydrogen-bond donors (Lipinski definition) is 1. The third kappa shape index (κ3) is 7.65. The minimum Gasteiger partial charge on any atom is -0.314 e. The van der Waals surface area contributed by atoms with E-state index in [2.05, 4.69) is 23.4 Å². The lowest BCUT2D eigenvalue weighted by Gasteiger charge is -2.19. The molecule has 0 aromatic carbocycles. The molecule has 1 atom stereocenters. The Bertz CT molecular complexity index is 187. The minimum absolute atomic E-state index is 0.785. The van der Waals surface area contributed by atoms with E-state index in [1.165, 1.54) is 76.9 Å². The molecule has 1 rings (SSSR count). The number of likely N-dealkylation sites (tertiary alicyclic amines) is 1. The summed E-state index contributed by atoms with van der Waals surface area (Å²) in [5.74, 6) is 1.33. The summed E-state index contributed by atoms with van der Waals surface area (Å²) in [5, 5.41) is 3.77. The van der Waals surface area contributed by atoms with Gasteiger partial charge in [-0.25, -0.2) is 0 Å². The van der Waals surface area contributed by atoms with Crippen molar-refractivity contribution in [2.24, 2.45) is 0 Å². The summed E-state index contributed by atoms with van der Waals surface area (Å²) >= 11 is 1.97. The van der Waals surface area contributed by atoms with E-state index in [9.17, 15) is 0 Å². The summed E-state index contributed by atoms with van der Waals surface area (Å²) in [5.41, 5.74) is 0. The third-order valence-electron chi connectivity index (χ3n) is 3.82. The van der Waals surface area contributed by atoms with Gasteiger partial charge < -0.3 is 10.2 Å². The van der Waals surface area contributed by atoms with Crippen molar-refractivity contribution in [3.05, 3.63) is 0 Å². The SMILES string of the molecule is CCCN1CCCC(NCCCCCSC)CC1. The van der Waals surface area contributed by atoms with Crippen LogP contribution < -0.4 is 5.32 Å². The topological polar surface area (TPSA) is 15.3 Å². The van der Waals surface area contributed by atoms with E-state index < -0.39 is 0 Å². The van der Waals surface area contributed by atoms with Gasteiger partial charge in [0, 0.05) is 6.04 Å². The molecule has 2 nitrogen and oxygen atoms in total. The van der Waals surface area contributed by atoms with Crippen molar-refractivity contribution < 1.29 is 0 Å². The van der Waals surface area contributed by atoms with Crippen molar-refractivity contribution in [3.8, 4) is 0 Å². The number of hydrogen-bond acceptors (Lipinski definition) is 3. The lowest BCUT2D eigenvalue weighted by atomic mass is 10.1. The quantitative estimate of drug-likeness (QED) is 0.648. The second-order valence-corrected chi connectivity index (χ2v) is 6.46. The molecule has 1 unspecified atom stereocenters. The van der Waals surface area contributed by atoms with Gasteiger partial charge >= 0.3 is 0 Å². The molecule has 1 aliphatic heterocycles. The number of thioether (sulfide) groups is 1. The summed E-state index contributed by atoms with van der Waals surface area (Å²) in [6.07, 6.45) is 11.7. The molecule has 0 aromatic rings. The van der Waals surface area contributed by atoms with Crippen LogP contribution in [0.25, 0.3) is 0 Å². The van der Waals surface area contributed by atoms with Gasteiger partial charge in [-0.1, -0.05) is 13.3 Å². The van der Waals surface area contributed by atoms with Crippen molar-refractivity contribution >= 4 is 11.8 Å². The van der Waals surface area contributed by atoms with Crippen LogP contribution in [0.1, 0.15) is 51.9 Å². The van der Waals surface area contributed by atoms with E-state index >= 15 is 0 Å². The molecule has 1 heterocycles. The molecule has 0 radical (unpaired) electrons. The molecule has 108 valence electrons. The summed E-state index contributed by atoms with van der Waals surface area (Å²) < 4.78 is 0. The van der Waals surface area contributed by atoms with Crippen LogP contribution >= 0.6 is 11.8 Å². The summed E-state index contributed by atoms with van der Waals surface area (Å²) in [6.45, 7) is 7.43.